The minimum Gasteiger partial charge on any atom is -0.508 e. The average Bonchev–Trinajstić information content (AvgIpc) is 2.40. The monoisotopic (exact) mass is 265 g/mol. The molecule has 1 rings (SSSR count). The molecule has 0 aromatic heterocycles. The van der Waals surface area contributed by atoms with Gasteiger partial charge >= 0.3 is 5.97 Å². The van der Waals surface area contributed by atoms with Gasteiger partial charge in [-0.05, 0) is 44.0 Å². The summed E-state index contributed by atoms with van der Waals surface area (Å²) in [7, 11) is 0. The summed E-state index contributed by atoms with van der Waals surface area (Å²) in [5.74, 6) is 0.0158. The lowest BCUT2D eigenvalue weighted by Crippen LogP contribution is -2.40. The quantitative estimate of drug-likeness (QED) is 0.559. The summed E-state index contributed by atoms with van der Waals surface area (Å²) in [6.45, 7) is 5.11. The van der Waals surface area contributed by atoms with Gasteiger partial charge < -0.3 is 15.2 Å². The number of carbonyl (C=O) groups is 1. The Balaban J connectivity index is 2.61. The van der Waals surface area contributed by atoms with Crippen molar-refractivity contribution in [3.05, 3.63) is 29.8 Å². The van der Waals surface area contributed by atoms with Gasteiger partial charge in [0.2, 0.25) is 0 Å². The highest BCUT2D eigenvalue weighted by atomic mass is 16.5. The van der Waals surface area contributed by atoms with Gasteiger partial charge in [0.1, 0.15) is 11.8 Å². The van der Waals surface area contributed by atoms with Gasteiger partial charge in [-0.1, -0.05) is 25.5 Å². The van der Waals surface area contributed by atoms with Gasteiger partial charge in [-0.3, -0.25) is 4.79 Å². The SMILES string of the molecule is CCCCN[C@@H](Cc1ccc(O)cc1)C(=O)OCC. The summed E-state index contributed by atoms with van der Waals surface area (Å²) in [5, 5.41) is 12.5. The molecule has 0 unspecified atom stereocenters. The molecule has 1 aromatic rings. The fraction of sp³-hybridized carbons (Fsp3) is 0.533. The van der Waals surface area contributed by atoms with Crippen molar-refractivity contribution in [3.8, 4) is 5.75 Å². The molecule has 0 aliphatic heterocycles. The standard InChI is InChI=1S/C15H23NO3/c1-3-5-10-16-14(15(18)19-4-2)11-12-6-8-13(17)9-7-12/h6-9,14,16-17H,3-5,10-11H2,1-2H3/t14-/m0/s1. The van der Waals surface area contributed by atoms with E-state index in [1.54, 1.807) is 12.1 Å². The van der Waals surface area contributed by atoms with E-state index in [0.29, 0.717) is 13.0 Å². The van der Waals surface area contributed by atoms with Crippen molar-refractivity contribution < 1.29 is 14.6 Å². The molecule has 0 saturated carbocycles. The number of nitrogens with one attached hydrogen (secondary N) is 1. The van der Waals surface area contributed by atoms with Crippen LogP contribution in [0.4, 0.5) is 0 Å². The van der Waals surface area contributed by atoms with Crippen LogP contribution in [-0.4, -0.2) is 30.3 Å². The third kappa shape index (κ3) is 5.75. The maximum Gasteiger partial charge on any atom is 0.323 e. The largest absolute Gasteiger partial charge is 0.508 e. The zero-order valence-corrected chi connectivity index (χ0v) is 11.7. The Morgan fingerprint density at radius 2 is 2.00 bits per heavy atom. The first-order valence-corrected chi connectivity index (χ1v) is 6.85. The lowest BCUT2D eigenvalue weighted by atomic mass is 10.1. The molecule has 4 nitrogen and oxygen atoms in total. The van der Waals surface area contributed by atoms with E-state index < -0.39 is 0 Å². The van der Waals surface area contributed by atoms with E-state index in [1.807, 2.05) is 19.1 Å². The van der Waals surface area contributed by atoms with Crippen LogP contribution in [-0.2, 0) is 16.0 Å². The van der Waals surface area contributed by atoms with Crippen LogP contribution in [0.3, 0.4) is 0 Å². The molecule has 1 atom stereocenters. The van der Waals surface area contributed by atoms with Crippen molar-refractivity contribution in [2.75, 3.05) is 13.2 Å². The van der Waals surface area contributed by atoms with Crippen LogP contribution in [0.5, 0.6) is 5.75 Å². The molecule has 0 saturated heterocycles. The Labute approximate surface area is 114 Å². The fourth-order valence-electron chi connectivity index (χ4n) is 1.80. The van der Waals surface area contributed by atoms with E-state index in [2.05, 4.69) is 12.2 Å². The summed E-state index contributed by atoms with van der Waals surface area (Å²) in [6, 6.07) is 6.58. The van der Waals surface area contributed by atoms with Crippen molar-refractivity contribution in [3.63, 3.8) is 0 Å². The number of hydrogen-bond acceptors (Lipinski definition) is 4. The van der Waals surface area contributed by atoms with Crippen molar-refractivity contribution in [2.45, 2.75) is 39.2 Å². The molecule has 0 spiro atoms. The number of carbonyl (C=O) groups excluding carboxylic acids is 1. The van der Waals surface area contributed by atoms with Crippen LogP contribution in [0, 0.1) is 0 Å². The van der Waals surface area contributed by atoms with Crippen molar-refractivity contribution in [2.24, 2.45) is 0 Å². The predicted molar refractivity (Wildman–Crippen MR) is 75.1 cm³/mol. The van der Waals surface area contributed by atoms with Gasteiger partial charge in [0.25, 0.3) is 0 Å². The number of ether oxygens (including phenoxy) is 1. The first-order chi connectivity index (χ1) is 9.17. The summed E-state index contributed by atoms with van der Waals surface area (Å²) in [4.78, 5) is 11.9. The molecule has 0 heterocycles. The van der Waals surface area contributed by atoms with Gasteiger partial charge in [0, 0.05) is 0 Å². The number of aromatic hydroxyl groups is 1. The van der Waals surface area contributed by atoms with Gasteiger partial charge in [-0.2, -0.15) is 0 Å². The van der Waals surface area contributed by atoms with Crippen LogP contribution in [0.2, 0.25) is 0 Å². The van der Waals surface area contributed by atoms with Crippen LogP contribution in [0.1, 0.15) is 32.3 Å². The summed E-state index contributed by atoms with van der Waals surface area (Å²) in [6.07, 6.45) is 2.69. The van der Waals surface area contributed by atoms with E-state index >= 15 is 0 Å². The van der Waals surface area contributed by atoms with Crippen LogP contribution in [0.25, 0.3) is 0 Å². The first kappa shape index (κ1) is 15.5. The summed E-state index contributed by atoms with van der Waals surface area (Å²) in [5.41, 5.74) is 1.000. The van der Waals surface area contributed by atoms with Crippen LogP contribution >= 0.6 is 0 Å². The molecule has 1 aromatic carbocycles. The fourth-order valence-corrected chi connectivity index (χ4v) is 1.80. The Morgan fingerprint density at radius 1 is 1.32 bits per heavy atom. The molecular weight excluding hydrogens is 242 g/mol. The second kappa shape index (κ2) is 8.53. The molecule has 0 aliphatic carbocycles. The Kier molecular flexibility index (Phi) is 6.97. The van der Waals surface area contributed by atoms with Gasteiger partial charge in [-0.25, -0.2) is 0 Å². The third-order valence-electron chi connectivity index (χ3n) is 2.87. The van der Waals surface area contributed by atoms with Crippen molar-refractivity contribution in [1.82, 2.24) is 5.32 Å². The van der Waals surface area contributed by atoms with Crippen LogP contribution in [0.15, 0.2) is 24.3 Å². The molecule has 19 heavy (non-hydrogen) atoms. The number of phenolic OH excluding ortho intramolecular Hbond substituents is 1. The molecule has 2 N–H and O–H groups in total. The van der Waals surface area contributed by atoms with Gasteiger partial charge in [0.05, 0.1) is 6.61 Å². The minimum absolute atomic E-state index is 0.216. The lowest BCUT2D eigenvalue weighted by Gasteiger charge is -2.17. The van der Waals surface area contributed by atoms with E-state index in [0.717, 1.165) is 24.9 Å². The summed E-state index contributed by atoms with van der Waals surface area (Å²) < 4.78 is 5.08. The van der Waals surface area contributed by atoms with E-state index in [9.17, 15) is 9.90 Å². The molecule has 106 valence electrons. The minimum atomic E-state index is -0.323. The smallest absolute Gasteiger partial charge is 0.323 e. The summed E-state index contributed by atoms with van der Waals surface area (Å²) >= 11 is 0. The second-order valence-electron chi connectivity index (χ2n) is 4.48. The molecule has 0 aliphatic rings. The topological polar surface area (TPSA) is 58.6 Å². The number of benzene rings is 1. The second-order valence-corrected chi connectivity index (χ2v) is 4.48. The number of phenols is 1. The zero-order valence-electron chi connectivity index (χ0n) is 11.7. The highest BCUT2D eigenvalue weighted by Gasteiger charge is 2.19. The third-order valence-corrected chi connectivity index (χ3v) is 2.87. The van der Waals surface area contributed by atoms with E-state index in [1.165, 1.54) is 0 Å². The molecule has 0 radical (unpaired) electrons. The lowest BCUT2D eigenvalue weighted by molar-refractivity contribution is -0.145. The average molecular weight is 265 g/mol. The predicted octanol–water partition coefficient (Wildman–Crippen LogP) is 2.26. The highest BCUT2D eigenvalue weighted by Crippen LogP contribution is 2.12. The van der Waals surface area contributed by atoms with E-state index in [4.69, 9.17) is 4.74 Å². The van der Waals surface area contributed by atoms with Gasteiger partial charge in [0.15, 0.2) is 0 Å². The zero-order chi connectivity index (χ0) is 14.1. The normalized spacial score (nSPS) is 12.1. The number of unbranched alkanes of at least 4 members (excludes halogenated alkanes) is 1. The Hall–Kier alpha value is -1.55. The van der Waals surface area contributed by atoms with Crippen LogP contribution < -0.4 is 5.32 Å². The number of hydrogen-bond donors (Lipinski definition) is 2. The Morgan fingerprint density at radius 3 is 2.58 bits per heavy atom. The van der Waals surface area contributed by atoms with Gasteiger partial charge in [-0.15, -0.1) is 0 Å². The van der Waals surface area contributed by atoms with E-state index in [-0.39, 0.29) is 17.8 Å². The Bertz CT molecular complexity index is 375. The maximum atomic E-state index is 11.9. The number of rotatable bonds is 8. The van der Waals surface area contributed by atoms with Crippen molar-refractivity contribution >= 4 is 5.97 Å². The maximum absolute atomic E-state index is 11.9. The molecule has 0 bridgehead atoms. The highest BCUT2D eigenvalue weighted by molar-refractivity contribution is 5.76. The molecule has 0 fully saturated rings. The van der Waals surface area contributed by atoms with Crippen molar-refractivity contribution in [1.29, 1.82) is 0 Å². The molecule has 0 amide bonds. The molecular formula is C15H23NO3. The number of esters is 1. The first-order valence-electron chi connectivity index (χ1n) is 6.85. The molecule has 4 heteroatoms.